The number of fused-ring (bicyclic) bond motifs is 1. The Hall–Kier alpha value is -2.68. The van der Waals surface area contributed by atoms with Crippen LogP contribution in [-0.2, 0) is 13.1 Å². The molecule has 0 bridgehead atoms. The van der Waals surface area contributed by atoms with Gasteiger partial charge in [0.1, 0.15) is 18.6 Å². The van der Waals surface area contributed by atoms with Gasteiger partial charge in [-0.1, -0.05) is 17.3 Å². The molecule has 3 aromatic rings. The van der Waals surface area contributed by atoms with E-state index in [1.807, 2.05) is 4.90 Å². The van der Waals surface area contributed by atoms with Crippen LogP contribution in [0.1, 0.15) is 30.4 Å². The Labute approximate surface area is 152 Å². The number of halogens is 3. The van der Waals surface area contributed by atoms with Gasteiger partial charge in [0.15, 0.2) is 0 Å². The molecule has 2 aromatic heterocycles. The fourth-order valence-corrected chi connectivity index (χ4v) is 3.61. The minimum atomic E-state index is -4.52. The monoisotopic (exact) mass is 378 g/mol. The smallest absolute Gasteiger partial charge is 0.364 e. The zero-order valence-corrected chi connectivity index (χ0v) is 14.3. The molecule has 3 heterocycles. The molecule has 0 N–H and O–H groups in total. The summed E-state index contributed by atoms with van der Waals surface area (Å²) in [6.45, 7) is -0.241. The summed E-state index contributed by atoms with van der Waals surface area (Å²) in [5.74, 6) is 0.150. The van der Waals surface area contributed by atoms with Crippen LogP contribution in [0.25, 0.3) is 10.9 Å². The third kappa shape index (κ3) is 3.59. The summed E-state index contributed by atoms with van der Waals surface area (Å²) in [5, 5.41) is 4.06. The van der Waals surface area contributed by atoms with Crippen LogP contribution in [0.3, 0.4) is 0 Å². The Morgan fingerprint density at radius 2 is 2.04 bits per heavy atom. The van der Waals surface area contributed by atoms with Crippen molar-refractivity contribution < 1.29 is 17.7 Å². The molecule has 0 spiro atoms. The number of para-hydroxylation sites is 1. The molecule has 1 saturated heterocycles. The zero-order valence-electron chi connectivity index (χ0n) is 14.3. The second-order valence-corrected chi connectivity index (χ2v) is 6.61. The zero-order chi connectivity index (χ0) is 19.0. The number of nitrogens with zero attached hydrogens (tertiary/aromatic N) is 4. The fourth-order valence-electron chi connectivity index (χ4n) is 3.61. The van der Waals surface area contributed by atoms with Crippen LogP contribution >= 0.6 is 0 Å². The average Bonchev–Trinajstić information content (AvgIpc) is 3.29. The van der Waals surface area contributed by atoms with Gasteiger partial charge >= 0.3 is 6.18 Å². The van der Waals surface area contributed by atoms with Crippen molar-refractivity contribution in [1.29, 1.82) is 0 Å². The second kappa shape index (κ2) is 6.80. The lowest BCUT2D eigenvalue weighted by Crippen LogP contribution is -2.35. The van der Waals surface area contributed by atoms with E-state index in [0.717, 1.165) is 11.0 Å². The van der Waals surface area contributed by atoms with Gasteiger partial charge in [0.05, 0.1) is 22.6 Å². The van der Waals surface area contributed by atoms with Crippen LogP contribution in [0.4, 0.5) is 13.2 Å². The maximum absolute atomic E-state index is 13.2. The van der Waals surface area contributed by atoms with Crippen molar-refractivity contribution in [3.8, 4) is 0 Å². The molecule has 0 radical (unpaired) electrons. The normalized spacial score (nSPS) is 18.4. The van der Waals surface area contributed by atoms with Crippen LogP contribution in [0, 0.1) is 0 Å². The van der Waals surface area contributed by atoms with Crippen molar-refractivity contribution in [1.82, 2.24) is 19.6 Å². The van der Waals surface area contributed by atoms with Crippen LogP contribution in [0.15, 0.2) is 45.9 Å². The quantitative estimate of drug-likeness (QED) is 0.697. The Kier molecular flexibility index (Phi) is 4.47. The van der Waals surface area contributed by atoms with Crippen LogP contribution < -0.4 is 5.56 Å². The summed E-state index contributed by atoms with van der Waals surface area (Å²) >= 11 is 0. The molecule has 1 aliphatic rings. The molecule has 27 heavy (non-hydrogen) atoms. The topological polar surface area (TPSA) is 64.2 Å². The van der Waals surface area contributed by atoms with Gasteiger partial charge in [0.2, 0.25) is 0 Å². The SMILES string of the molecule is O=c1c2ccccc2nc(C2CCCN2Cc2ccon2)n1CC(F)(F)F. The largest absolute Gasteiger partial charge is 0.406 e. The van der Waals surface area contributed by atoms with E-state index in [1.54, 1.807) is 24.3 Å². The molecule has 4 rings (SSSR count). The molecule has 0 amide bonds. The predicted octanol–water partition coefficient (Wildman–Crippen LogP) is 3.28. The third-order valence-electron chi connectivity index (χ3n) is 4.75. The van der Waals surface area contributed by atoms with Crippen molar-refractivity contribution in [3.05, 3.63) is 58.5 Å². The molecule has 1 aromatic carbocycles. The van der Waals surface area contributed by atoms with Gasteiger partial charge in [-0.15, -0.1) is 0 Å². The van der Waals surface area contributed by atoms with Crippen LogP contribution in [-0.4, -0.2) is 32.3 Å². The Balaban J connectivity index is 1.81. The molecule has 6 nitrogen and oxygen atoms in total. The second-order valence-electron chi connectivity index (χ2n) is 6.61. The summed E-state index contributed by atoms with van der Waals surface area (Å²) < 4.78 is 45.1. The van der Waals surface area contributed by atoms with E-state index in [4.69, 9.17) is 4.52 Å². The summed E-state index contributed by atoms with van der Waals surface area (Å²) in [6.07, 6.45) is -1.63. The van der Waals surface area contributed by atoms with Crippen LogP contribution in [0.2, 0.25) is 0 Å². The van der Waals surface area contributed by atoms with Crippen molar-refractivity contribution in [2.45, 2.75) is 38.1 Å². The number of likely N-dealkylation sites (tertiary alicyclic amines) is 1. The lowest BCUT2D eigenvalue weighted by Gasteiger charge is -2.26. The highest BCUT2D eigenvalue weighted by molar-refractivity contribution is 5.77. The summed E-state index contributed by atoms with van der Waals surface area (Å²) in [7, 11) is 0. The van der Waals surface area contributed by atoms with E-state index in [-0.39, 0.29) is 17.3 Å². The van der Waals surface area contributed by atoms with Gasteiger partial charge in [-0.05, 0) is 31.5 Å². The number of alkyl halides is 3. The number of hydrogen-bond donors (Lipinski definition) is 0. The molecule has 9 heteroatoms. The first-order valence-corrected chi connectivity index (χ1v) is 8.62. The lowest BCUT2D eigenvalue weighted by molar-refractivity contribution is -0.142. The minimum Gasteiger partial charge on any atom is -0.364 e. The van der Waals surface area contributed by atoms with Crippen molar-refractivity contribution in [2.24, 2.45) is 0 Å². The maximum atomic E-state index is 13.2. The van der Waals surface area contributed by atoms with E-state index < -0.39 is 18.3 Å². The molecule has 1 fully saturated rings. The highest BCUT2D eigenvalue weighted by Gasteiger charge is 2.35. The average molecular weight is 378 g/mol. The molecular weight excluding hydrogens is 361 g/mol. The van der Waals surface area contributed by atoms with Gasteiger partial charge < -0.3 is 4.52 Å². The highest BCUT2D eigenvalue weighted by atomic mass is 19.4. The van der Waals surface area contributed by atoms with Crippen molar-refractivity contribution in [3.63, 3.8) is 0 Å². The van der Waals surface area contributed by atoms with Crippen molar-refractivity contribution >= 4 is 10.9 Å². The van der Waals surface area contributed by atoms with E-state index in [2.05, 4.69) is 10.1 Å². The number of rotatable bonds is 4. The maximum Gasteiger partial charge on any atom is 0.406 e. The number of benzene rings is 1. The fraction of sp³-hybridized carbons (Fsp3) is 0.389. The first-order chi connectivity index (χ1) is 12.9. The highest BCUT2D eigenvalue weighted by Crippen LogP contribution is 2.33. The molecule has 1 aliphatic heterocycles. The van der Waals surface area contributed by atoms with Gasteiger partial charge in [-0.25, -0.2) is 4.98 Å². The van der Waals surface area contributed by atoms with Gasteiger partial charge in [-0.2, -0.15) is 13.2 Å². The molecular formula is C18H17F3N4O2. The number of hydrogen-bond acceptors (Lipinski definition) is 5. The number of aromatic nitrogens is 3. The Morgan fingerprint density at radius 1 is 1.22 bits per heavy atom. The molecule has 142 valence electrons. The van der Waals surface area contributed by atoms with Gasteiger partial charge in [-0.3, -0.25) is 14.3 Å². The lowest BCUT2D eigenvalue weighted by atomic mass is 10.1. The summed E-state index contributed by atoms with van der Waals surface area (Å²) in [6, 6.07) is 7.81. The first-order valence-electron chi connectivity index (χ1n) is 8.62. The third-order valence-corrected chi connectivity index (χ3v) is 4.75. The van der Waals surface area contributed by atoms with Gasteiger partial charge in [0, 0.05) is 12.6 Å². The van der Waals surface area contributed by atoms with E-state index in [9.17, 15) is 18.0 Å². The Morgan fingerprint density at radius 3 is 2.78 bits per heavy atom. The minimum absolute atomic E-state index is 0.150. The summed E-state index contributed by atoms with van der Waals surface area (Å²) in [4.78, 5) is 19.2. The van der Waals surface area contributed by atoms with E-state index >= 15 is 0 Å². The predicted molar refractivity (Wildman–Crippen MR) is 90.9 cm³/mol. The molecule has 0 aliphatic carbocycles. The van der Waals surface area contributed by atoms with Crippen LogP contribution in [0.5, 0.6) is 0 Å². The van der Waals surface area contributed by atoms with Crippen molar-refractivity contribution in [2.75, 3.05) is 6.54 Å². The molecule has 1 atom stereocenters. The van der Waals surface area contributed by atoms with Gasteiger partial charge in [0.25, 0.3) is 5.56 Å². The van der Waals surface area contributed by atoms with E-state index in [1.165, 1.54) is 12.3 Å². The first kappa shape index (κ1) is 17.7. The Bertz CT molecular complexity index is 998. The standard InChI is InChI=1S/C18H17F3N4O2/c19-18(20,21)11-25-16(22-14-5-2-1-4-13(14)17(25)26)15-6-3-8-24(15)10-12-7-9-27-23-12/h1-2,4-5,7,9,15H,3,6,8,10-11H2. The summed E-state index contributed by atoms with van der Waals surface area (Å²) in [5.41, 5.74) is 0.429. The molecule has 0 saturated carbocycles. The molecule has 1 unspecified atom stereocenters. The van der Waals surface area contributed by atoms with E-state index in [0.29, 0.717) is 30.7 Å².